The second-order valence-corrected chi connectivity index (χ2v) is 10.4. The van der Waals surface area contributed by atoms with Gasteiger partial charge in [0.1, 0.15) is 30.1 Å². The first kappa shape index (κ1) is 28.6. The zero-order valence-corrected chi connectivity index (χ0v) is 23.9. The Bertz CT molecular complexity index is 1900. The fraction of sp³-hybridized carbons (Fsp3) is 0.139. The number of nitro benzene ring substituents is 1. The summed E-state index contributed by atoms with van der Waals surface area (Å²) < 4.78 is 17.8. The average molecular weight is 587 g/mol. The molecule has 8 nitrogen and oxygen atoms in total. The molecule has 0 aliphatic heterocycles. The van der Waals surface area contributed by atoms with Crippen LogP contribution in [0.2, 0.25) is 0 Å². The average Bonchev–Trinajstić information content (AvgIpc) is 3.42. The van der Waals surface area contributed by atoms with Crippen molar-refractivity contribution in [3.8, 4) is 11.5 Å². The highest BCUT2D eigenvalue weighted by molar-refractivity contribution is 6.05. The van der Waals surface area contributed by atoms with Crippen LogP contribution in [0.4, 0.5) is 5.69 Å². The van der Waals surface area contributed by atoms with Gasteiger partial charge >= 0.3 is 5.69 Å². The zero-order valence-electron chi connectivity index (χ0n) is 23.9. The van der Waals surface area contributed by atoms with Crippen molar-refractivity contribution >= 4 is 33.4 Å². The quantitative estimate of drug-likeness (QED) is 0.0773. The number of para-hydroxylation sites is 1. The van der Waals surface area contributed by atoms with E-state index in [4.69, 9.17) is 13.9 Å². The van der Waals surface area contributed by atoms with Crippen LogP contribution < -0.4 is 9.47 Å². The Balaban J connectivity index is 1.14. The summed E-state index contributed by atoms with van der Waals surface area (Å²) in [5.41, 5.74) is 3.50. The Morgan fingerprint density at radius 2 is 1.45 bits per heavy atom. The fourth-order valence-electron chi connectivity index (χ4n) is 5.13. The van der Waals surface area contributed by atoms with E-state index < -0.39 is 4.92 Å². The van der Waals surface area contributed by atoms with E-state index in [1.54, 1.807) is 6.07 Å². The summed E-state index contributed by atoms with van der Waals surface area (Å²) in [6.07, 6.45) is 0. The molecule has 0 amide bonds. The number of Topliss-reactive ketones (excluding diaryl/α,β-unsaturated/α-hetero) is 1. The number of fused-ring (bicyclic) bond motifs is 3. The van der Waals surface area contributed by atoms with Gasteiger partial charge in [-0.05, 0) is 41.5 Å². The van der Waals surface area contributed by atoms with Gasteiger partial charge in [-0.3, -0.25) is 19.8 Å². The van der Waals surface area contributed by atoms with Crippen LogP contribution in [-0.2, 0) is 13.2 Å². The van der Waals surface area contributed by atoms with Crippen molar-refractivity contribution in [1.82, 2.24) is 4.90 Å². The van der Waals surface area contributed by atoms with Crippen LogP contribution in [0.1, 0.15) is 21.5 Å². The van der Waals surface area contributed by atoms with Gasteiger partial charge in [-0.2, -0.15) is 0 Å². The molecule has 0 unspecified atom stereocenters. The van der Waals surface area contributed by atoms with Gasteiger partial charge in [-0.15, -0.1) is 0 Å². The Morgan fingerprint density at radius 1 is 0.750 bits per heavy atom. The van der Waals surface area contributed by atoms with Crippen molar-refractivity contribution in [3.63, 3.8) is 0 Å². The Kier molecular flexibility index (Phi) is 8.61. The first-order valence-corrected chi connectivity index (χ1v) is 14.3. The number of benzene rings is 5. The molecule has 8 heteroatoms. The molecule has 0 saturated carbocycles. The minimum atomic E-state index is -0.522. The third-order valence-corrected chi connectivity index (χ3v) is 7.36. The van der Waals surface area contributed by atoms with Crippen LogP contribution in [0.25, 0.3) is 21.9 Å². The number of carbonyl (C=O) groups is 1. The lowest BCUT2D eigenvalue weighted by Gasteiger charge is -2.22. The summed E-state index contributed by atoms with van der Waals surface area (Å²) in [5, 5.41) is 13.9. The summed E-state index contributed by atoms with van der Waals surface area (Å²) >= 11 is 0. The number of ketones is 1. The largest absolute Gasteiger partial charge is 0.492 e. The maximum Gasteiger partial charge on any atom is 0.311 e. The minimum Gasteiger partial charge on any atom is -0.492 e. The molecule has 220 valence electrons. The first-order valence-electron chi connectivity index (χ1n) is 14.3. The smallest absolute Gasteiger partial charge is 0.311 e. The van der Waals surface area contributed by atoms with Gasteiger partial charge in [0.2, 0.25) is 0 Å². The molecule has 0 saturated heterocycles. The number of hydrogen-bond acceptors (Lipinski definition) is 7. The molecule has 0 spiro atoms. The van der Waals surface area contributed by atoms with Gasteiger partial charge in [-0.1, -0.05) is 78.9 Å². The van der Waals surface area contributed by atoms with Gasteiger partial charge < -0.3 is 13.9 Å². The molecule has 0 atom stereocenters. The summed E-state index contributed by atoms with van der Waals surface area (Å²) in [6, 6.07) is 37.3. The molecule has 5 aromatic carbocycles. The van der Waals surface area contributed by atoms with Gasteiger partial charge in [0, 0.05) is 41.6 Å². The minimum absolute atomic E-state index is 0.0578. The molecule has 0 aliphatic carbocycles. The number of hydrogen-bond donors (Lipinski definition) is 0. The lowest BCUT2D eigenvalue weighted by atomic mass is 10.1. The van der Waals surface area contributed by atoms with E-state index in [2.05, 4.69) is 0 Å². The van der Waals surface area contributed by atoms with Crippen molar-refractivity contribution in [2.45, 2.75) is 13.2 Å². The standard InChI is InChI=1S/C36H30N2O6/c39-33(28-15-18-35(32(21-28)38(40)41)43-25-27-11-5-2-6-12-27)24-37(23-26-9-3-1-4-10-26)19-20-42-29-16-17-31-30-13-7-8-14-34(30)44-36(31)22-29/h1-18,21-22H,19-20,23-25H2. The van der Waals surface area contributed by atoms with E-state index in [0.29, 0.717) is 25.4 Å². The van der Waals surface area contributed by atoms with Crippen molar-refractivity contribution in [3.05, 3.63) is 148 Å². The molecule has 6 aromatic rings. The molecule has 6 rings (SSSR count). The van der Waals surface area contributed by atoms with E-state index in [1.165, 1.54) is 12.1 Å². The first-order chi connectivity index (χ1) is 21.5. The second kappa shape index (κ2) is 13.2. The number of rotatable bonds is 13. The normalized spacial score (nSPS) is 11.2. The van der Waals surface area contributed by atoms with Crippen LogP contribution in [0.15, 0.2) is 126 Å². The number of nitro groups is 1. The van der Waals surface area contributed by atoms with Gasteiger partial charge in [-0.25, -0.2) is 0 Å². The predicted molar refractivity (Wildman–Crippen MR) is 169 cm³/mol. The van der Waals surface area contributed by atoms with Crippen LogP contribution in [0, 0.1) is 10.1 Å². The van der Waals surface area contributed by atoms with E-state index >= 15 is 0 Å². The number of nitrogens with zero attached hydrogens (tertiary/aromatic N) is 2. The number of furan rings is 1. The SMILES string of the molecule is O=C(CN(CCOc1ccc2c(c1)oc1ccccc12)Cc1ccccc1)c1ccc(OCc2ccccc2)c([N+](=O)[O-])c1. The molecule has 0 fully saturated rings. The summed E-state index contributed by atoms with van der Waals surface area (Å²) in [6.45, 7) is 1.54. The molecule has 44 heavy (non-hydrogen) atoms. The highest BCUT2D eigenvalue weighted by atomic mass is 16.6. The van der Waals surface area contributed by atoms with Crippen LogP contribution in [0.3, 0.4) is 0 Å². The predicted octanol–water partition coefficient (Wildman–Crippen LogP) is 7.84. The topological polar surface area (TPSA) is 95.1 Å². The molecule has 1 heterocycles. The number of ether oxygens (including phenoxy) is 2. The maximum absolute atomic E-state index is 13.4. The molecule has 0 N–H and O–H groups in total. The van der Waals surface area contributed by atoms with E-state index in [9.17, 15) is 14.9 Å². The van der Waals surface area contributed by atoms with E-state index in [0.717, 1.165) is 33.1 Å². The zero-order chi connectivity index (χ0) is 30.3. The van der Waals surface area contributed by atoms with Crippen molar-refractivity contribution in [2.75, 3.05) is 19.7 Å². The monoisotopic (exact) mass is 586 g/mol. The lowest BCUT2D eigenvalue weighted by molar-refractivity contribution is -0.386. The summed E-state index contributed by atoms with van der Waals surface area (Å²) in [7, 11) is 0. The number of carbonyl (C=O) groups excluding carboxylic acids is 1. The van der Waals surface area contributed by atoms with Crippen LogP contribution in [0.5, 0.6) is 11.5 Å². The van der Waals surface area contributed by atoms with Crippen molar-refractivity contribution in [1.29, 1.82) is 0 Å². The second-order valence-electron chi connectivity index (χ2n) is 10.4. The van der Waals surface area contributed by atoms with Gasteiger partial charge in [0.25, 0.3) is 0 Å². The summed E-state index contributed by atoms with van der Waals surface area (Å²) in [5.74, 6) is 0.554. The third kappa shape index (κ3) is 6.77. The molecule has 0 bridgehead atoms. The van der Waals surface area contributed by atoms with Crippen molar-refractivity contribution in [2.24, 2.45) is 0 Å². The van der Waals surface area contributed by atoms with E-state index in [1.807, 2.05) is 108 Å². The molecule has 1 aromatic heterocycles. The fourth-order valence-corrected chi connectivity index (χ4v) is 5.13. The van der Waals surface area contributed by atoms with Crippen LogP contribution in [-0.4, -0.2) is 35.3 Å². The van der Waals surface area contributed by atoms with Crippen LogP contribution >= 0.6 is 0 Å². The Hall–Kier alpha value is -5.47. The lowest BCUT2D eigenvalue weighted by Crippen LogP contribution is -2.33. The third-order valence-electron chi connectivity index (χ3n) is 7.36. The van der Waals surface area contributed by atoms with Crippen molar-refractivity contribution < 1.29 is 23.6 Å². The molecule has 0 radical (unpaired) electrons. The van der Waals surface area contributed by atoms with E-state index in [-0.39, 0.29) is 35.9 Å². The maximum atomic E-state index is 13.4. The Labute approximate surface area is 254 Å². The van der Waals surface area contributed by atoms with Gasteiger partial charge in [0.05, 0.1) is 11.5 Å². The highest BCUT2D eigenvalue weighted by Gasteiger charge is 2.21. The summed E-state index contributed by atoms with van der Waals surface area (Å²) in [4.78, 5) is 26.7. The molecular weight excluding hydrogens is 556 g/mol. The van der Waals surface area contributed by atoms with Gasteiger partial charge in [0.15, 0.2) is 11.5 Å². The molecular formula is C36H30N2O6. The highest BCUT2D eigenvalue weighted by Crippen LogP contribution is 2.31. The molecule has 0 aliphatic rings. The Morgan fingerprint density at radius 3 is 2.23 bits per heavy atom.